The Morgan fingerprint density at radius 3 is 2.32 bits per heavy atom. The molecular formula is C21H17N5O2. The van der Waals surface area contributed by atoms with Gasteiger partial charge >= 0.3 is 0 Å². The summed E-state index contributed by atoms with van der Waals surface area (Å²) in [5.74, 6) is -0.564. The topological polar surface area (TPSA) is 88.9 Å². The maximum absolute atomic E-state index is 12.5. The summed E-state index contributed by atoms with van der Waals surface area (Å²) >= 11 is 0. The van der Waals surface area contributed by atoms with E-state index >= 15 is 0 Å². The van der Waals surface area contributed by atoms with Gasteiger partial charge in [-0.15, -0.1) is 0 Å². The van der Waals surface area contributed by atoms with E-state index in [-0.39, 0.29) is 18.4 Å². The predicted octanol–water partition coefficient (Wildman–Crippen LogP) is 3.32. The molecule has 0 radical (unpaired) electrons. The summed E-state index contributed by atoms with van der Waals surface area (Å²) in [6.45, 7) is 0.114. The molecule has 4 rings (SSSR count). The van der Waals surface area contributed by atoms with E-state index in [9.17, 15) is 9.59 Å². The van der Waals surface area contributed by atoms with Crippen LogP contribution >= 0.6 is 0 Å². The van der Waals surface area contributed by atoms with Gasteiger partial charge in [0, 0.05) is 6.20 Å². The number of anilines is 2. The Kier molecular flexibility index (Phi) is 4.79. The highest BCUT2D eigenvalue weighted by Gasteiger charge is 2.12. The van der Waals surface area contributed by atoms with Crippen molar-refractivity contribution in [1.29, 1.82) is 0 Å². The molecule has 138 valence electrons. The number of pyridine rings is 1. The first-order chi connectivity index (χ1) is 13.7. The number of benzene rings is 2. The van der Waals surface area contributed by atoms with E-state index in [0.717, 1.165) is 11.0 Å². The number of carbonyl (C=O) groups is 2. The smallest absolute Gasteiger partial charge is 0.274 e. The van der Waals surface area contributed by atoms with E-state index in [1.165, 1.54) is 0 Å². The van der Waals surface area contributed by atoms with Gasteiger partial charge < -0.3 is 15.2 Å². The van der Waals surface area contributed by atoms with Gasteiger partial charge in [0.1, 0.15) is 12.2 Å². The van der Waals surface area contributed by atoms with Crippen LogP contribution in [-0.4, -0.2) is 26.3 Å². The zero-order chi connectivity index (χ0) is 19.3. The Morgan fingerprint density at radius 1 is 0.821 bits per heavy atom. The van der Waals surface area contributed by atoms with Gasteiger partial charge in [-0.1, -0.05) is 30.3 Å². The van der Waals surface area contributed by atoms with Crippen molar-refractivity contribution in [3.8, 4) is 0 Å². The summed E-state index contributed by atoms with van der Waals surface area (Å²) in [6.07, 6.45) is 3.19. The first-order valence-electron chi connectivity index (χ1n) is 8.72. The van der Waals surface area contributed by atoms with Gasteiger partial charge in [0.05, 0.1) is 28.7 Å². The molecule has 2 aromatic heterocycles. The van der Waals surface area contributed by atoms with Crippen LogP contribution < -0.4 is 10.6 Å². The van der Waals surface area contributed by atoms with Crippen LogP contribution in [0, 0.1) is 0 Å². The van der Waals surface area contributed by atoms with Gasteiger partial charge in [-0.25, -0.2) is 4.98 Å². The number of rotatable bonds is 5. The minimum absolute atomic E-state index is 0.114. The zero-order valence-electron chi connectivity index (χ0n) is 14.9. The van der Waals surface area contributed by atoms with Crippen molar-refractivity contribution in [1.82, 2.24) is 14.5 Å². The minimum Gasteiger partial charge on any atom is -0.323 e. The lowest BCUT2D eigenvalue weighted by Crippen LogP contribution is -2.20. The summed E-state index contributed by atoms with van der Waals surface area (Å²) in [5.41, 5.74) is 3.03. The SMILES string of the molecule is O=C(Cn1cnc2ccccc21)Nc1ccccc1NC(=O)c1ccccn1. The molecule has 2 heterocycles. The molecule has 0 bridgehead atoms. The number of carbonyl (C=O) groups excluding carboxylic acids is 2. The fourth-order valence-electron chi connectivity index (χ4n) is 2.87. The molecule has 28 heavy (non-hydrogen) atoms. The number of para-hydroxylation sites is 4. The van der Waals surface area contributed by atoms with Gasteiger partial charge in [0.25, 0.3) is 5.91 Å². The zero-order valence-corrected chi connectivity index (χ0v) is 14.9. The number of fused-ring (bicyclic) bond motifs is 1. The Hall–Kier alpha value is -4.00. The van der Waals surface area contributed by atoms with Gasteiger partial charge in [-0.05, 0) is 36.4 Å². The van der Waals surface area contributed by atoms with E-state index < -0.39 is 0 Å². The summed E-state index contributed by atoms with van der Waals surface area (Å²) in [7, 11) is 0. The first-order valence-corrected chi connectivity index (χ1v) is 8.72. The standard InChI is InChI=1S/C21H17N5O2/c27-20(13-26-14-23-17-9-3-4-11-19(17)26)24-15-7-1-2-8-16(15)25-21(28)18-10-5-6-12-22-18/h1-12,14H,13H2,(H,24,27)(H,25,28). The van der Waals surface area contributed by atoms with E-state index in [1.807, 2.05) is 24.3 Å². The van der Waals surface area contributed by atoms with Crippen LogP contribution in [0.5, 0.6) is 0 Å². The maximum atomic E-state index is 12.5. The Bertz CT molecular complexity index is 1140. The molecule has 0 saturated carbocycles. The normalized spacial score (nSPS) is 10.6. The lowest BCUT2D eigenvalue weighted by molar-refractivity contribution is -0.116. The lowest BCUT2D eigenvalue weighted by Gasteiger charge is -2.12. The quantitative estimate of drug-likeness (QED) is 0.563. The molecule has 7 heteroatoms. The van der Waals surface area contributed by atoms with Crippen LogP contribution in [0.2, 0.25) is 0 Å². The van der Waals surface area contributed by atoms with E-state index in [2.05, 4.69) is 20.6 Å². The molecular weight excluding hydrogens is 354 g/mol. The van der Waals surface area contributed by atoms with Gasteiger partial charge in [0.2, 0.25) is 5.91 Å². The summed E-state index contributed by atoms with van der Waals surface area (Å²) < 4.78 is 1.78. The molecule has 0 fully saturated rings. The minimum atomic E-state index is -0.345. The highest BCUT2D eigenvalue weighted by atomic mass is 16.2. The number of amides is 2. The largest absolute Gasteiger partial charge is 0.323 e. The van der Waals surface area contributed by atoms with E-state index in [0.29, 0.717) is 17.1 Å². The molecule has 0 unspecified atom stereocenters. The summed E-state index contributed by atoms with van der Waals surface area (Å²) in [5, 5.41) is 5.63. The third-order valence-corrected chi connectivity index (χ3v) is 4.19. The van der Waals surface area contributed by atoms with Crippen molar-refractivity contribution in [2.45, 2.75) is 6.54 Å². The molecule has 0 spiro atoms. The molecule has 0 aliphatic carbocycles. The second kappa shape index (κ2) is 7.71. The second-order valence-electron chi connectivity index (χ2n) is 6.12. The fourth-order valence-corrected chi connectivity index (χ4v) is 2.87. The van der Waals surface area contributed by atoms with Crippen LogP contribution in [-0.2, 0) is 11.3 Å². The monoisotopic (exact) mass is 371 g/mol. The van der Waals surface area contributed by atoms with Gasteiger partial charge in [0.15, 0.2) is 0 Å². The maximum Gasteiger partial charge on any atom is 0.274 e. The van der Waals surface area contributed by atoms with Crippen LogP contribution in [0.15, 0.2) is 79.3 Å². The number of imidazole rings is 1. The number of aromatic nitrogens is 3. The summed E-state index contributed by atoms with van der Waals surface area (Å²) in [4.78, 5) is 33.2. The number of hydrogen-bond donors (Lipinski definition) is 2. The molecule has 0 atom stereocenters. The highest BCUT2D eigenvalue weighted by molar-refractivity contribution is 6.06. The second-order valence-corrected chi connectivity index (χ2v) is 6.12. The van der Waals surface area contributed by atoms with E-state index in [4.69, 9.17) is 0 Å². The van der Waals surface area contributed by atoms with Gasteiger partial charge in [-0.3, -0.25) is 14.6 Å². The van der Waals surface area contributed by atoms with Crippen molar-refractivity contribution in [2.24, 2.45) is 0 Å². The van der Waals surface area contributed by atoms with E-state index in [1.54, 1.807) is 59.6 Å². The average Bonchev–Trinajstić information content (AvgIpc) is 3.13. The Labute approximate surface area is 161 Å². The number of hydrogen-bond acceptors (Lipinski definition) is 4. The third kappa shape index (κ3) is 3.73. The molecule has 0 saturated heterocycles. The fraction of sp³-hybridized carbons (Fsp3) is 0.0476. The Morgan fingerprint density at radius 2 is 1.54 bits per heavy atom. The van der Waals surface area contributed by atoms with Gasteiger partial charge in [-0.2, -0.15) is 0 Å². The van der Waals surface area contributed by atoms with Crippen LogP contribution in [0.25, 0.3) is 11.0 Å². The number of nitrogens with zero attached hydrogens (tertiary/aromatic N) is 3. The average molecular weight is 371 g/mol. The van der Waals surface area contributed by atoms with Crippen molar-refractivity contribution < 1.29 is 9.59 Å². The molecule has 2 amide bonds. The van der Waals surface area contributed by atoms with Crippen LogP contribution in [0.3, 0.4) is 0 Å². The predicted molar refractivity (Wildman–Crippen MR) is 107 cm³/mol. The van der Waals surface area contributed by atoms with Crippen LogP contribution in [0.4, 0.5) is 11.4 Å². The molecule has 0 aliphatic heterocycles. The molecule has 2 aromatic carbocycles. The molecule has 7 nitrogen and oxygen atoms in total. The highest BCUT2D eigenvalue weighted by Crippen LogP contribution is 2.22. The molecule has 0 aliphatic rings. The van der Waals surface area contributed by atoms with Crippen molar-refractivity contribution in [2.75, 3.05) is 10.6 Å². The molecule has 2 N–H and O–H groups in total. The van der Waals surface area contributed by atoms with Crippen molar-refractivity contribution in [3.05, 3.63) is 84.9 Å². The molecule has 4 aromatic rings. The van der Waals surface area contributed by atoms with Crippen molar-refractivity contribution in [3.63, 3.8) is 0 Å². The Balaban J connectivity index is 1.49. The number of nitrogens with one attached hydrogen (secondary N) is 2. The van der Waals surface area contributed by atoms with Crippen LogP contribution in [0.1, 0.15) is 10.5 Å². The first kappa shape index (κ1) is 17.4. The lowest BCUT2D eigenvalue weighted by atomic mass is 10.2. The third-order valence-electron chi connectivity index (χ3n) is 4.19. The van der Waals surface area contributed by atoms with Crippen molar-refractivity contribution >= 4 is 34.2 Å². The summed E-state index contributed by atoms with van der Waals surface area (Å²) in [6, 6.07) is 19.8.